The Morgan fingerprint density at radius 3 is 2.28 bits per heavy atom. The molecule has 0 amide bonds. The number of benzene rings is 3. The Labute approximate surface area is 169 Å². The Morgan fingerprint density at radius 2 is 1.55 bits per heavy atom. The number of esters is 1. The Kier molecular flexibility index (Phi) is 6.63. The molecule has 0 atom stereocenters. The quantitative estimate of drug-likeness (QED) is 0.447. The van der Waals surface area contributed by atoms with Crippen LogP contribution in [0.15, 0.2) is 72.8 Å². The Balaban J connectivity index is 1.71. The van der Waals surface area contributed by atoms with Gasteiger partial charge in [-0.05, 0) is 47.7 Å². The molecule has 1 N–H and O–H groups in total. The van der Waals surface area contributed by atoms with Gasteiger partial charge in [0.25, 0.3) is 0 Å². The van der Waals surface area contributed by atoms with Gasteiger partial charge in [-0.25, -0.2) is 4.79 Å². The smallest absolute Gasteiger partial charge is 0.339 e. The van der Waals surface area contributed by atoms with Crippen molar-refractivity contribution in [2.24, 2.45) is 0 Å². The van der Waals surface area contributed by atoms with E-state index in [4.69, 9.17) is 9.47 Å². The second-order valence-electron chi connectivity index (χ2n) is 6.61. The lowest BCUT2D eigenvalue weighted by molar-refractivity contribution is -0.131. The van der Waals surface area contributed by atoms with Gasteiger partial charge in [-0.1, -0.05) is 54.6 Å². The molecule has 0 saturated heterocycles. The van der Waals surface area contributed by atoms with E-state index >= 15 is 0 Å². The molecular weight excluding hydrogens is 368 g/mol. The first kappa shape index (κ1) is 20.1. The van der Waals surface area contributed by atoms with Crippen molar-refractivity contribution in [2.45, 2.75) is 26.4 Å². The van der Waals surface area contributed by atoms with Gasteiger partial charge in [-0.3, -0.25) is 4.79 Å². The van der Waals surface area contributed by atoms with Gasteiger partial charge in [-0.15, -0.1) is 0 Å². The van der Waals surface area contributed by atoms with Gasteiger partial charge < -0.3 is 14.6 Å². The van der Waals surface area contributed by atoms with Crippen molar-refractivity contribution >= 4 is 11.9 Å². The van der Waals surface area contributed by atoms with Crippen molar-refractivity contribution in [2.75, 3.05) is 0 Å². The van der Waals surface area contributed by atoms with Crippen molar-refractivity contribution in [1.82, 2.24) is 0 Å². The minimum atomic E-state index is -1.15. The van der Waals surface area contributed by atoms with Crippen LogP contribution in [-0.2, 0) is 24.2 Å². The molecule has 5 heteroatoms. The predicted molar refractivity (Wildman–Crippen MR) is 109 cm³/mol. The summed E-state index contributed by atoms with van der Waals surface area (Å²) in [6.07, 6.45) is 1.75. The maximum Gasteiger partial charge on any atom is 0.339 e. The molecule has 148 valence electrons. The summed E-state index contributed by atoms with van der Waals surface area (Å²) in [7, 11) is 0. The van der Waals surface area contributed by atoms with Crippen LogP contribution in [0.3, 0.4) is 0 Å². The number of carboxylic acids is 1. The molecule has 0 aliphatic heterocycles. The van der Waals surface area contributed by atoms with E-state index < -0.39 is 11.9 Å². The Morgan fingerprint density at radius 1 is 0.828 bits per heavy atom. The molecule has 3 aromatic rings. The third-order valence-corrected chi connectivity index (χ3v) is 4.42. The second kappa shape index (κ2) is 9.55. The molecule has 0 radical (unpaired) electrons. The van der Waals surface area contributed by atoms with Gasteiger partial charge in [-0.2, -0.15) is 0 Å². The molecule has 29 heavy (non-hydrogen) atoms. The molecule has 0 aromatic heterocycles. The van der Waals surface area contributed by atoms with Gasteiger partial charge in [0.2, 0.25) is 0 Å². The van der Waals surface area contributed by atoms with Crippen molar-refractivity contribution in [3.8, 4) is 11.5 Å². The average Bonchev–Trinajstić information content (AvgIpc) is 2.71. The molecule has 0 aliphatic rings. The van der Waals surface area contributed by atoms with Crippen LogP contribution in [0.4, 0.5) is 0 Å². The van der Waals surface area contributed by atoms with Crippen LogP contribution in [-0.4, -0.2) is 17.0 Å². The number of hydrogen-bond donors (Lipinski definition) is 1. The van der Waals surface area contributed by atoms with Crippen molar-refractivity contribution in [3.63, 3.8) is 0 Å². The zero-order valence-corrected chi connectivity index (χ0v) is 16.1. The van der Waals surface area contributed by atoms with E-state index in [9.17, 15) is 14.7 Å². The highest BCUT2D eigenvalue weighted by Crippen LogP contribution is 2.24. The number of aryl methyl sites for hydroxylation is 2. The fourth-order valence-electron chi connectivity index (χ4n) is 3.01. The topological polar surface area (TPSA) is 72.8 Å². The Hall–Kier alpha value is -3.60. The van der Waals surface area contributed by atoms with E-state index in [0.29, 0.717) is 5.56 Å². The lowest BCUT2D eigenvalue weighted by atomic mass is 10.0. The number of hydrogen-bond acceptors (Lipinski definition) is 4. The first-order valence-electron chi connectivity index (χ1n) is 9.32. The van der Waals surface area contributed by atoms with Crippen LogP contribution in [0.2, 0.25) is 0 Å². The normalized spacial score (nSPS) is 10.4. The second-order valence-corrected chi connectivity index (χ2v) is 6.61. The molecular formula is C24H22O5. The Bertz CT molecular complexity index is 995. The third kappa shape index (κ3) is 5.69. The summed E-state index contributed by atoms with van der Waals surface area (Å²) >= 11 is 0. The minimum absolute atomic E-state index is 0.0171. The van der Waals surface area contributed by atoms with Crippen molar-refractivity contribution < 1.29 is 24.2 Å². The minimum Gasteiger partial charge on any atom is -0.489 e. The molecule has 0 unspecified atom stereocenters. The maximum atomic E-state index is 11.3. The molecule has 3 rings (SSSR count). The van der Waals surface area contributed by atoms with Crippen LogP contribution in [0.5, 0.6) is 11.5 Å². The number of para-hydroxylation sites is 1. The predicted octanol–water partition coefficient (Wildman–Crippen LogP) is 4.67. The summed E-state index contributed by atoms with van der Waals surface area (Å²) in [6, 6.07) is 22.7. The number of rotatable bonds is 8. The van der Waals surface area contributed by atoms with Gasteiger partial charge in [0.1, 0.15) is 23.7 Å². The van der Waals surface area contributed by atoms with Crippen LogP contribution < -0.4 is 9.47 Å². The lowest BCUT2D eigenvalue weighted by Gasteiger charge is -2.13. The molecule has 0 bridgehead atoms. The third-order valence-electron chi connectivity index (χ3n) is 4.42. The number of carboxylic acid groups (broad SMARTS) is 1. The van der Waals surface area contributed by atoms with Gasteiger partial charge >= 0.3 is 11.9 Å². The first-order chi connectivity index (χ1) is 14.0. The monoisotopic (exact) mass is 390 g/mol. The number of aromatic carboxylic acids is 1. The van der Waals surface area contributed by atoms with Crippen molar-refractivity contribution in [3.05, 3.63) is 95.1 Å². The molecule has 5 nitrogen and oxygen atoms in total. The van der Waals surface area contributed by atoms with E-state index in [1.165, 1.54) is 24.6 Å². The summed E-state index contributed by atoms with van der Waals surface area (Å²) < 4.78 is 11.0. The standard InChI is InChI=1S/C24H22O5/c1-17(25)29-23-15-19(12-14-21(23)24(26)27)16-28-22-10-6-5-9-20(22)13-11-18-7-3-2-4-8-18/h2-10,12,14-15H,11,13,16H2,1H3,(H,26,27). The lowest BCUT2D eigenvalue weighted by Crippen LogP contribution is -2.08. The summed E-state index contributed by atoms with van der Waals surface area (Å²) in [4.78, 5) is 22.6. The van der Waals surface area contributed by atoms with E-state index in [2.05, 4.69) is 12.1 Å². The van der Waals surface area contributed by atoms with Crippen LogP contribution >= 0.6 is 0 Å². The van der Waals surface area contributed by atoms with E-state index in [1.54, 1.807) is 6.07 Å². The molecule has 3 aromatic carbocycles. The highest BCUT2D eigenvalue weighted by atomic mass is 16.5. The largest absolute Gasteiger partial charge is 0.489 e. The molecule has 0 spiro atoms. The first-order valence-corrected chi connectivity index (χ1v) is 9.32. The maximum absolute atomic E-state index is 11.3. The molecule has 0 aliphatic carbocycles. The van der Waals surface area contributed by atoms with E-state index in [-0.39, 0.29) is 17.9 Å². The number of ether oxygens (including phenoxy) is 2. The van der Waals surface area contributed by atoms with Gasteiger partial charge in [0, 0.05) is 6.92 Å². The van der Waals surface area contributed by atoms with Gasteiger partial charge in [0.15, 0.2) is 0 Å². The van der Waals surface area contributed by atoms with Crippen LogP contribution in [0.25, 0.3) is 0 Å². The summed E-state index contributed by atoms with van der Waals surface area (Å²) in [5.74, 6) is -0.931. The fourth-order valence-corrected chi connectivity index (χ4v) is 3.01. The summed E-state index contributed by atoms with van der Waals surface area (Å²) in [5, 5.41) is 9.24. The summed E-state index contributed by atoms with van der Waals surface area (Å²) in [5.41, 5.74) is 3.01. The molecule has 0 fully saturated rings. The highest BCUT2D eigenvalue weighted by Gasteiger charge is 2.14. The summed E-state index contributed by atoms with van der Waals surface area (Å²) in [6.45, 7) is 1.47. The SMILES string of the molecule is CC(=O)Oc1cc(COc2ccccc2CCc2ccccc2)ccc1C(=O)O. The molecule has 0 heterocycles. The van der Waals surface area contributed by atoms with E-state index in [1.807, 2.05) is 42.5 Å². The van der Waals surface area contributed by atoms with E-state index in [0.717, 1.165) is 24.2 Å². The zero-order valence-electron chi connectivity index (χ0n) is 16.1. The van der Waals surface area contributed by atoms with Crippen molar-refractivity contribution in [1.29, 1.82) is 0 Å². The van der Waals surface area contributed by atoms with Gasteiger partial charge in [0.05, 0.1) is 0 Å². The number of carbonyl (C=O) groups is 2. The average molecular weight is 390 g/mol. The number of carbonyl (C=O) groups excluding carboxylic acids is 1. The van der Waals surface area contributed by atoms with Crippen LogP contribution in [0.1, 0.15) is 34.0 Å². The fraction of sp³-hybridized carbons (Fsp3) is 0.167. The zero-order chi connectivity index (χ0) is 20.6. The highest BCUT2D eigenvalue weighted by molar-refractivity contribution is 5.92. The van der Waals surface area contributed by atoms with Crippen LogP contribution in [0, 0.1) is 0 Å². The molecule has 0 saturated carbocycles.